The lowest BCUT2D eigenvalue weighted by Gasteiger charge is -2.46. The Bertz CT molecular complexity index is 937. The average Bonchev–Trinajstić information content (AvgIpc) is 2.65. The van der Waals surface area contributed by atoms with Gasteiger partial charge in [0.2, 0.25) is 0 Å². The summed E-state index contributed by atoms with van der Waals surface area (Å²) in [7, 11) is 1.59. The van der Waals surface area contributed by atoms with Gasteiger partial charge in [-0.25, -0.2) is 4.98 Å². The van der Waals surface area contributed by atoms with Crippen LogP contribution >= 0.6 is 11.6 Å². The smallest absolute Gasteiger partial charge is 0.261 e. The number of halogens is 1. The van der Waals surface area contributed by atoms with Crippen molar-refractivity contribution < 1.29 is 4.74 Å². The molecule has 2 fully saturated rings. The molecule has 1 saturated heterocycles. The molecule has 0 bridgehead atoms. The van der Waals surface area contributed by atoms with Crippen LogP contribution in [0, 0.1) is 5.92 Å². The van der Waals surface area contributed by atoms with Crippen LogP contribution in [-0.2, 0) is 6.54 Å². The number of methoxy groups -OCH3 is 1. The van der Waals surface area contributed by atoms with Crippen molar-refractivity contribution in [2.75, 3.05) is 20.2 Å². The molecular weight excluding hydrogens is 362 g/mol. The monoisotopic (exact) mass is 387 g/mol. The van der Waals surface area contributed by atoms with Gasteiger partial charge in [0, 0.05) is 31.1 Å². The van der Waals surface area contributed by atoms with E-state index in [4.69, 9.17) is 21.3 Å². The molecule has 1 saturated carbocycles. The Morgan fingerprint density at radius 3 is 2.78 bits per heavy atom. The minimum absolute atomic E-state index is 0.0362. The zero-order chi connectivity index (χ0) is 18.5. The van der Waals surface area contributed by atoms with Gasteiger partial charge in [0.15, 0.2) is 0 Å². The van der Waals surface area contributed by atoms with Crippen LogP contribution in [0.2, 0.25) is 5.02 Å². The number of aromatic nitrogens is 2. The third-order valence-corrected chi connectivity index (χ3v) is 7.14. The Morgan fingerprint density at radius 1 is 1.19 bits per heavy atom. The third-order valence-electron chi connectivity index (χ3n) is 6.85. The van der Waals surface area contributed by atoms with Gasteiger partial charge >= 0.3 is 0 Å². The second-order valence-corrected chi connectivity index (χ2v) is 8.73. The van der Waals surface area contributed by atoms with Crippen molar-refractivity contribution in [1.82, 2.24) is 14.5 Å². The Kier molecular flexibility index (Phi) is 4.40. The number of hydrogen-bond acceptors (Lipinski definition) is 4. The average molecular weight is 388 g/mol. The Labute approximate surface area is 164 Å². The SMILES string of the molecule is COc1cc2nc3n(c(=O)c2cc1Cl)CC[C@@H]1[C@@H]3CCCN1CC1CCC1. The minimum Gasteiger partial charge on any atom is -0.495 e. The molecule has 6 heteroatoms. The summed E-state index contributed by atoms with van der Waals surface area (Å²) in [4.78, 5) is 20.8. The van der Waals surface area contributed by atoms with E-state index >= 15 is 0 Å². The number of nitrogens with zero attached hydrogens (tertiary/aromatic N) is 3. The van der Waals surface area contributed by atoms with E-state index in [1.165, 1.54) is 38.8 Å². The van der Waals surface area contributed by atoms with E-state index in [2.05, 4.69) is 4.90 Å². The van der Waals surface area contributed by atoms with Gasteiger partial charge in [-0.15, -0.1) is 0 Å². The molecule has 0 N–H and O–H groups in total. The predicted octanol–water partition coefficient (Wildman–Crippen LogP) is 3.81. The maximum absolute atomic E-state index is 13.1. The van der Waals surface area contributed by atoms with Crippen molar-refractivity contribution in [2.24, 2.45) is 5.92 Å². The van der Waals surface area contributed by atoms with E-state index in [-0.39, 0.29) is 5.56 Å². The molecule has 5 nitrogen and oxygen atoms in total. The summed E-state index contributed by atoms with van der Waals surface area (Å²) in [5.41, 5.74) is 0.735. The molecule has 144 valence electrons. The molecule has 27 heavy (non-hydrogen) atoms. The van der Waals surface area contributed by atoms with Crippen LogP contribution in [0.25, 0.3) is 10.9 Å². The first-order valence-corrected chi connectivity index (χ1v) is 10.6. The summed E-state index contributed by atoms with van der Waals surface area (Å²) < 4.78 is 7.24. The van der Waals surface area contributed by atoms with Gasteiger partial charge in [-0.3, -0.25) is 14.3 Å². The molecule has 0 amide bonds. The molecular formula is C21H26ClN3O2. The van der Waals surface area contributed by atoms with E-state index in [1.807, 2.05) is 4.57 Å². The second kappa shape index (κ2) is 6.78. The zero-order valence-corrected chi connectivity index (χ0v) is 16.5. The highest BCUT2D eigenvalue weighted by molar-refractivity contribution is 6.32. The third kappa shape index (κ3) is 2.87. The predicted molar refractivity (Wildman–Crippen MR) is 107 cm³/mol. The number of hydrogen-bond donors (Lipinski definition) is 0. The quantitative estimate of drug-likeness (QED) is 0.803. The van der Waals surface area contributed by atoms with Gasteiger partial charge in [0.1, 0.15) is 11.6 Å². The fourth-order valence-corrected chi connectivity index (χ4v) is 5.44. The van der Waals surface area contributed by atoms with Crippen LogP contribution in [0.1, 0.15) is 50.3 Å². The van der Waals surface area contributed by atoms with E-state index in [0.29, 0.717) is 33.6 Å². The van der Waals surface area contributed by atoms with Crippen molar-refractivity contribution in [3.05, 3.63) is 33.3 Å². The van der Waals surface area contributed by atoms with Gasteiger partial charge in [0.25, 0.3) is 5.56 Å². The summed E-state index contributed by atoms with van der Waals surface area (Å²) in [6.45, 7) is 3.17. The lowest BCUT2D eigenvalue weighted by atomic mass is 9.80. The lowest BCUT2D eigenvalue weighted by molar-refractivity contribution is 0.0641. The van der Waals surface area contributed by atoms with Crippen molar-refractivity contribution in [1.29, 1.82) is 0 Å². The van der Waals surface area contributed by atoms with Crippen LogP contribution in [0.15, 0.2) is 16.9 Å². The fourth-order valence-electron chi connectivity index (χ4n) is 5.20. The van der Waals surface area contributed by atoms with Crippen molar-refractivity contribution in [2.45, 2.75) is 57.0 Å². The van der Waals surface area contributed by atoms with Gasteiger partial charge < -0.3 is 4.74 Å². The Hall–Kier alpha value is -1.59. The second-order valence-electron chi connectivity index (χ2n) is 8.33. The number of ether oxygens (including phenoxy) is 1. The van der Waals surface area contributed by atoms with Gasteiger partial charge in [0.05, 0.1) is 23.0 Å². The van der Waals surface area contributed by atoms with Gasteiger partial charge in [-0.05, 0) is 50.6 Å². The summed E-state index contributed by atoms with van der Waals surface area (Å²) in [6.07, 6.45) is 7.51. The standard InChI is InChI=1S/C21H26ClN3O2/c1-27-19-11-17-15(10-16(19)22)21(26)25-9-7-18-14(20(25)23-17)6-3-8-24(18)12-13-4-2-5-13/h10-11,13-14,18H,2-9,12H2,1H3/t14-,18+/m0/s1. The molecule has 3 heterocycles. The number of benzene rings is 1. The van der Waals surface area contributed by atoms with Crippen LogP contribution in [-0.4, -0.2) is 40.7 Å². The first-order valence-electron chi connectivity index (χ1n) is 10.2. The molecule has 0 spiro atoms. The maximum atomic E-state index is 13.1. The molecule has 3 aliphatic rings. The van der Waals surface area contributed by atoms with Gasteiger partial charge in [-0.1, -0.05) is 18.0 Å². The van der Waals surface area contributed by atoms with Crippen LogP contribution in [0.4, 0.5) is 0 Å². The highest BCUT2D eigenvalue weighted by atomic mass is 35.5. The molecule has 2 aromatic rings. The normalized spacial score (nSPS) is 25.7. The first kappa shape index (κ1) is 17.5. The maximum Gasteiger partial charge on any atom is 0.261 e. The van der Waals surface area contributed by atoms with E-state index in [9.17, 15) is 4.79 Å². The molecule has 1 aromatic heterocycles. The van der Waals surface area contributed by atoms with Crippen LogP contribution in [0.5, 0.6) is 5.75 Å². The fraction of sp³-hybridized carbons (Fsp3) is 0.619. The van der Waals surface area contributed by atoms with Crippen molar-refractivity contribution in [3.8, 4) is 5.75 Å². The molecule has 1 aliphatic carbocycles. The van der Waals surface area contributed by atoms with Crippen molar-refractivity contribution >= 4 is 22.5 Å². The molecule has 0 radical (unpaired) electrons. The number of piperidine rings is 1. The van der Waals surface area contributed by atoms with E-state index < -0.39 is 0 Å². The molecule has 2 aliphatic heterocycles. The summed E-state index contributed by atoms with van der Waals surface area (Å²) >= 11 is 6.25. The summed E-state index contributed by atoms with van der Waals surface area (Å²) in [5, 5.41) is 1.05. The highest BCUT2D eigenvalue weighted by Crippen LogP contribution is 2.39. The van der Waals surface area contributed by atoms with Gasteiger partial charge in [-0.2, -0.15) is 0 Å². The first-order chi connectivity index (χ1) is 13.2. The van der Waals surface area contributed by atoms with E-state index in [0.717, 1.165) is 31.1 Å². The molecule has 0 unspecified atom stereocenters. The van der Waals surface area contributed by atoms with Crippen LogP contribution < -0.4 is 10.3 Å². The van der Waals surface area contributed by atoms with E-state index in [1.54, 1.807) is 19.2 Å². The minimum atomic E-state index is 0.0362. The summed E-state index contributed by atoms with van der Waals surface area (Å²) in [5.74, 6) is 2.77. The topological polar surface area (TPSA) is 47.4 Å². The summed E-state index contributed by atoms with van der Waals surface area (Å²) in [6, 6.07) is 4.03. The largest absolute Gasteiger partial charge is 0.495 e. The number of likely N-dealkylation sites (tertiary alicyclic amines) is 1. The zero-order valence-electron chi connectivity index (χ0n) is 15.8. The van der Waals surface area contributed by atoms with Crippen molar-refractivity contribution in [3.63, 3.8) is 0 Å². The molecule has 2 atom stereocenters. The number of rotatable bonds is 3. The number of fused-ring (bicyclic) bond motifs is 4. The Balaban J connectivity index is 1.56. The lowest BCUT2D eigenvalue weighted by Crippen LogP contribution is -2.51. The molecule has 1 aromatic carbocycles. The highest BCUT2D eigenvalue weighted by Gasteiger charge is 2.39. The van der Waals surface area contributed by atoms with Crippen LogP contribution in [0.3, 0.4) is 0 Å². The Morgan fingerprint density at radius 2 is 2.04 bits per heavy atom. The molecule has 5 rings (SSSR count).